The molecule has 0 saturated carbocycles. The van der Waals surface area contributed by atoms with Gasteiger partial charge in [-0.05, 0) is 52.0 Å². The second-order valence-corrected chi connectivity index (χ2v) is 9.35. The highest BCUT2D eigenvalue weighted by Gasteiger charge is 2.25. The summed E-state index contributed by atoms with van der Waals surface area (Å²) in [6, 6.07) is 7.27. The van der Waals surface area contributed by atoms with Crippen LogP contribution in [0.1, 0.15) is 27.7 Å². The Morgan fingerprint density at radius 3 is 1.34 bits per heavy atom. The second-order valence-electron chi connectivity index (χ2n) is 9.35. The molecule has 2 aliphatic rings. The van der Waals surface area contributed by atoms with Crippen LogP contribution in [0.3, 0.4) is 0 Å². The molecule has 1 aromatic rings. The predicted molar refractivity (Wildman–Crippen MR) is 122 cm³/mol. The van der Waals surface area contributed by atoms with E-state index in [-0.39, 0.29) is 37.6 Å². The van der Waals surface area contributed by atoms with Gasteiger partial charge in [-0.1, -0.05) is 0 Å². The molecule has 0 aromatic heterocycles. The largest absolute Gasteiger partial charge is 0.491 e. The first kappa shape index (κ1) is 25.2. The Bertz CT molecular complexity index is 598. The fraction of sp³-hybridized carbons (Fsp3) is 0.750. The van der Waals surface area contributed by atoms with Crippen LogP contribution in [0.2, 0.25) is 0 Å². The van der Waals surface area contributed by atoms with E-state index in [1.54, 1.807) is 0 Å². The van der Waals surface area contributed by atoms with E-state index < -0.39 is 12.2 Å². The maximum atomic E-state index is 10.3. The van der Waals surface area contributed by atoms with Crippen LogP contribution in [0.25, 0.3) is 0 Å². The molecule has 0 amide bonds. The van der Waals surface area contributed by atoms with E-state index in [2.05, 4.69) is 37.5 Å². The molecule has 2 aliphatic heterocycles. The minimum atomic E-state index is -0.566. The molecule has 0 spiro atoms. The van der Waals surface area contributed by atoms with Gasteiger partial charge in [-0.25, -0.2) is 0 Å². The van der Waals surface area contributed by atoms with Crippen LogP contribution in [0, 0.1) is 0 Å². The predicted octanol–water partition coefficient (Wildman–Crippen LogP) is 1.38. The van der Waals surface area contributed by atoms with E-state index in [4.69, 9.17) is 18.9 Å². The number of nitrogens with zero attached hydrogens (tertiary/aromatic N) is 2. The maximum Gasteiger partial charge on any atom is 0.119 e. The summed E-state index contributed by atoms with van der Waals surface area (Å²) in [5.74, 6) is 1.36. The third-order valence-electron chi connectivity index (χ3n) is 5.64. The quantitative estimate of drug-likeness (QED) is 0.551. The molecule has 2 saturated heterocycles. The number of β-amino-alcohol motifs (C(OH)–C–C–N with tert-alkyl or cyclic N) is 2. The molecular formula is C24H40N2O6. The summed E-state index contributed by atoms with van der Waals surface area (Å²) in [6.07, 6.45) is -0.413. The number of rotatable bonds is 10. The van der Waals surface area contributed by atoms with Crippen molar-refractivity contribution < 1.29 is 29.2 Å². The molecule has 2 N–H and O–H groups in total. The highest BCUT2D eigenvalue weighted by Crippen LogP contribution is 2.19. The Hall–Kier alpha value is -1.42. The monoisotopic (exact) mass is 452 g/mol. The Kier molecular flexibility index (Phi) is 9.58. The molecule has 6 atom stereocenters. The normalized spacial score (nSPS) is 29.4. The standard InChI is InChI=1S/C24H40N2O6/c1-17-9-25(10-18(2)31-17)13-21(27)15-29-23-5-7-24(8-6-23)30-16-22(28)14-26-11-19(3)32-20(4)12-26/h5-8,17-22,27-28H,9-16H2,1-4H3/t17-,18-,19-,20-,21-,22+/m1/s1. The van der Waals surface area contributed by atoms with Crippen molar-refractivity contribution in [2.45, 2.75) is 64.3 Å². The lowest BCUT2D eigenvalue weighted by Crippen LogP contribution is -2.48. The zero-order valence-corrected chi connectivity index (χ0v) is 19.9. The van der Waals surface area contributed by atoms with Crippen LogP contribution in [0.15, 0.2) is 24.3 Å². The van der Waals surface area contributed by atoms with Gasteiger partial charge in [0.1, 0.15) is 36.9 Å². The Morgan fingerprint density at radius 2 is 1.03 bits per heavy atom. The molecule has 0 radical (unpaired) electrons. The molecular weight excluding hydrogens is 412 g/mol. The van der Waals surface area contributed by atoms with Crippen LogP contribution in [-0.2, 0) is 9.47 Å². The minimum absolute atomic E-state index is 0.180. The van der Waals surface area contributed by atoms with Crippen LogP contribution in [0.5, 0.6) is 11.5 Å². The molecule has 182 valence electrons. The lowest BCUT2D eigenvalue weighted by atomic mass is 10.2. The Balaban J connectivity index is 1.34. The fourth-order valence-electron chi connectivity index (χ4n) is 4.59. The number of aliphatic hydroxyl groups excluding tert-OH is 2. The van der Waals surface area contributed by atoms with E-state index in [1.807, 2.05) is 24.3 Å². The molecule has 32 heavy (non-hydrogen) atoms. The van der Waals surface area contributed by atoms with Crippen molar-refractivity contribution in [1.29, 1.82) is 0 Å². The third-order valence-corrected chi connectivity index (χ3v) is 5.64. The lowest BCUT2D eigenvalue weighted by Gasteiger charge is -2.36. The third kappa shape index (κ3) is 8.50. The van der Waals surface area contributed by atoms with Gasteiger partial charge in [-0.3, -0.25) is 9.80 Å². The second kappa shape index (κ2) is 12.2. The van der Waals surface area contributed by atoms with Crippen molar-refractivity contribution in [3.05, 3.63) is 24.3 Å². The molecule has 0 aliphatic carbocycles. The topological polar surface area (TPSA) is 83.9 Å². The Labute approximate surface area is 192 Å². The Morgan fingerprint density at radius 1 is 0.719 bits per heavy atom. The molecule has 1 aromatic carbocycles. The molecule has 8 heteroatoms. The number of hydrogen-bond donors (Lipinski definition) is 2. The lowest BCUT2D eigenvalue weighted by molar-refractivity contribution is -0.0790. The highest BCUT2D eigenvalue weighted by molar-refractivity contribution is 5.31. The van der Waals surface area contributed by atoms with Gasteiger partial charge in [0, 0.05) is 39.3 Å². The van der Waals surface area contributed by atoms with Crippen LogP contribution in [0.4, 0.5) is 0 Å². The highest BCUT2D eigenvalue weighted by atomic mass is 16.5. The van der Waals surface area contributed by atoms with Gasteiger partial charge in [0.25, 0.3) is 0 Å². The van der Waals surface area contributed by atoms with E-state index >= 15 is 0 Å². The number of morpholine rings is 2. The van der Waals surface area contributed by atoms with Crippen LogP contribution in [-0.4, -0.2) is 109 Å². The number of ether oxygens (including phenoxy) is 4. The first-order valence-corrected chi connectivity index (χ1v) is 11.7. The molecule has 2 fully saturated rings. The molecule has 0 bridgehead atoms. The summed E-state index contributed by atoms with van der Waals surface area (Å²) < 4.78 is 22.9. The summed E-state index contributed by atoms with van der Waals surface area (Å²) >= 11 is 0. The molecule has 2 heterocycles. The SMILES string of the molecule is C[C@@H]1CN(C[C@H](O)COc2ccc(OC[C@H](O)CN3C[C@@H](C)O[C@H](C)C3)cc2)C[C@@H](C)O1. The zero-order chi connectivity index (χ0) is 23.1. The molecule has 3 rings (SSSR count). The van der Waals surface area contributed by atoms with Crippen molar-refractivity contribution >= 4 is 0 Å². The van der Waals surface area contributed by atoms with Gasteiger partial charge in [0.15, 0.2) is 0 Å². The van der Waals surface area contributed by atoms with E-state index in [0.717, 1.165) is 26.2 Å². The van der Waals surface area contributed by atoms with Crippen molar-refractivity contribution in [2.24, 2.45) is 0 Å². The van der Waals surface area contributed by atoms with Gasteiger partial charge in [-0.2, -0.15) is 0 Å². The van der Waals surface area contributed by atoms with Gasteiger partial charge in [0.05, 0.1) is 24.4 Å². The van der Waals surface area contributed by atoms with Crippen molar-refractivity contribution in [1.82, 2.24) is 9.80 Å². The number of hydrogen-bond acceptors (Lipinski definition) is 8. The van der Waals surface area contributed by atoms with Crippen molar-refractivity contribution in [3.8, 4) is 11.5 Å². The van der Waals surface area contributed by atoms with Gasteiger partial charge in [-0.15, -0.1) is 0 Å². The zero-order valence-electron chi connectivity index (χ0n) is 19.9. The van der Waals surface area contributed by atoms with E-state index in [0.29, 0.717) is 24.6 Å². The molecule has 8 nitrogen and oxygen atoms in total. The van der Waals surface area contributed by atoms with Crippen LogP contribution < -0.4 is 9.47 Å². The van der Waals surface area contributed by atoms with Crippen molar-refractivity contribution in [3.63, 3.8) is 0 Å². The van der Waals surface area contributed by atoms with Gasteiger partial charge < -0.3 is 29.2 Å². The first-order chi connectivity index (χ1) is 15.3. The maximum absolute atomic E-state index is 10.3. The smallest absolute Gasteiger partial charge is 0.119 e. The van der Waals surface area contributed by atoms with E-state index in [1.165, 1.54) is 0 Å². The average Bonchev–Trinajstić information content (AvgIpc) is 2.70. The number of benzene rings is 1. The number of aliphatic hydroxyl groups is 2. The summed E-state index contributed by atoms with van der Waals surface area (Å²) in [7, 11) is 0. The van der Waals surface area contributed by atoms with Crippen molar-refractivity contribution in [2.75, 3.05) is 52.5 Å². The molecule has 0 unspecified atom stereocenters. The summed E-state index contributed by atoms with van der Waals surface area (Å²) in [5.41, 5.74) is 0. The van der Waals surface area contributed by atoms with Gasteiger partial charge in [0.2, 0.25) is 0 Å². The first-order valence-electron chi connectivity index (χ1n) is 11.7. The average molecular weight is 453 g/mol. The summed E-state index contributed by atoms with van der Waals surface area (Å²) in [5, 5.41) is 20.7. The summed E-state index contributed by atoms with van der Waals surface area (Å²) in [6.45, 7) is 13.1. The van der Waals surface area contributed by atoms with Crippen LogP contribution >= 0.6 is 0 Å². The summed E-state index contributed by atoms with van der Waals surface area (Å²) in [4.78, 5) is 4.43. The fourth-order valence-corrected chi connectivity index (χ4v) is 4.59. The van der Waals surface area contributed by atoms with E-state index in [9.17, 15) is 10.2 Å². The minimum Gasteiger partial charge on any atom is -0.491 e. The van der Waals surface area contributed by atoms with Gasteiger partial charge >= 0.3 is 0 Å².